The first-order chi connectivity index (χ1) is 58.4. The average molecular weight is 1760 g/mol. The van der Waals surface area contributed by atoms with E-state index in [0.29, 0.717) is 39.8 Å². The number of unbranched alkanes of at least 4 members (excludes halogenated alkanes) is 2. The lowest BCUT2D eigenvalue weighted by atomic mass is 9.88. The Kier molecular flexibility index (Phi) is 39.1. The molecule has 0 radical (unpaired) electrons. The Morgan fingerprint density at radius 2 is 1.24 bits per heavy atom. The third-order valence-electron chi connectivity index (χ3n) is 21.1. The Bertz CT molecular complexity index is 4680. The number of aliphatic hydroxyl groups excluding tert-OH is 1. The molecule has 1 fully saturated rings. The highest BCUT2D eigenvalue weighted by molar-refractivity contribution is 8.77. The van der Waals surface area contributed by atoms with Crippen LogP contribution in [0.3, 0.4) is 0 Å². The number of primary amides is 4. The highest BCUT2D eigenvalue weighted by atomic mass is 33.1. The van der Waals surface area contributed by atoms with E-state index in [2.05, 4.69) is 63.5 Å². The van der Waals surface area contributed by atoms with Gasteiger partial charge in [0.1, 0.15) is 66.0 Å². The van der Waals surface area contributed by atoms with Crippen LogP contribution in [0.15, 0.2) is 91.1 Å². The van der Waals surface area contributed by atoms with Crippen molar-refractivity contribution in [3.8, 4) is 5.75 Å². The van der Waals surface area contributed by atoms with Gasteiger partial charge in [0.25, 0.3) is 0 Å². The van der Waals surface area contributed by atoms with E-state index in [-0.39, 0.29) is 96.5 Å². The van der Waals surface area contributed by atoms with Gasteiger partial charge in [-0.3, -0.25) is 76.7 Å². The van der Waals surface area contributed by atoms with E-state index < -0.39 is 214 Å². The van der Waals surface area contributed by atoms with E-state index in [1.54, 1.807) is 80.7 Å². The van der Waals surface area contributed by atoms with Crippen LogP contribution in [0.4, 0.5) is 0 Å². The van der Waals surface area contributed by atoms with E-state index in [4.69, 9.17) is 39.1 Å². The molecule has 12 atom stereocenters. The molecule has 0 spiro atoms. The van der Waals surface area contributed by atoms with Crippen LogP contribution in [0.5, 0.6) is 5.75 Å². The summed E-state index contributed by atoms with van der Waals surface area (Å²) in [6.45, 7) is 13.4. The van der Waals surface area contributed by atoms with Crippen molar-refractivity contribution in [3.63, 3.8) is 0 Å². The van der Waals surface area contributed by atoms with Crippen LogP contribution in [0.1, 0.15) is 161 Å². The molecule has 676 valence electrons. The average Bonchev–Trinajstić information content (AvgIpc) is 1.66. The van der Waals surface area contributed by atoms with Gasteiger partial charge in [0.2, 0.25) is 88.6 Å². The minimum Gasteiger partial charge on any atom is -0.492 e. The Morgan fingerprint density at radius 1 is 0.605 bits per heavy atom. The summed E-state index contributed by atoms with van der Waals surface area (Å²) < 4.78 is 2.68. The lowest BCUT2D eigenvalue weighted by Crippen LogP contribution is -2.65. The summed E-state index contributed by atoms with van der Waals surface area (Å²) in [4.78, 5) is 245. The predicted molar refractivity (Wildman–Crippen MR) is 466 cm³/mol. The summed E-state index contributed by atoms with van der Waals surface area (Å²) in [7, 11) is 1.88. The molecule has 39 heteroatoms. The Balaban J connectivity index is 1.52. The number of benzene rings is 4. The molecule has 1 saturated heterocycles. The first-order valence-corrected chi connectivity index (χ1v) is 43.2. The zero-order chi connectivity index (χ0) is 91.9. The Labute approximate surface area is 727 Å². The lowest BCUT2D eigenvalue weighted by molar-refractivity contribution is -0.138. The van der Waals surface area contributed by atoms with Gasteiger partial charge in [0.05, 0.1) is 30.9 Å². The number of carbonyl (C=O) groups excluding carboxylic acids is 17. The summed E-state index contributed by atoms with van der Waals surface area (Å²) in [6, 6.07) is 10.5. The van der Waals surface area contributed by atoms with E-state index in [9.17, 15) is 57.8 Å². The SMILES string of the molecule is CC(=O)C[C@@H]1C(=O)N[C@@H](CC(N)=O)C(=O)N[C@@H]([C@@H](C)O)C(=O)N[C@@H](Cc2c[nH]c3c(C)cccc23)C(=O)C[C@@H](CCC(N)=O)C(=O)N[C@H](C(=O)N[C@@H](Cc2ccc(OCCN)cc2)C(=O)N[C@@H](Cc2ccc3ccccc3c2)C(=O)N[C@@](C)(CCCCN)C(=O)N[C@@H](CCCCNC(C)=O)C(=O)N[C@@H](CC(N)=O)C(=O)NCCC(N)=O)C(C)(C)SSC1(C)C. The minimum atomic E-state index is -2.00. The summed E-state index contributed by atoms with van der Waals surface area (Å²) in [5.41, 5.74) is 34.8. The number of hydrogen-bond acceptors (Lipinski definition) is 23. The van der Waals surface area contributed by atoms with Crippen LogP contribution in [-0.2, 0) is 101 Å². The largest absolute Gasteiger partial charge is 0.492 e. The second-order valence-electron chi connectivity index (χ2n) is 32.5. The number of nitrogens with two attached hydrogens (primary N) is 6. The molecule has 37 nitrogen and oxygen atoms in total. The summed E-state index contributed by atoms with van der Waals surface area (Å²) >= 11 is 0. The molecule has 0 aliphatic carbocycles. The number of aliphatic hydroxyl groups is 1. The number of aryl methyl sites for hydroxylation is 1. The molecule has 2 heterocycles. The zero-order valence-corrected chi connectivity index (χ0v) is 73.1. The highest BCUT2D eigenvalue weighted by Gasteiger charge is 2.47. The fraction of sp³-hybridized carbons (Fsp3) is 0.518. The number of hydrogen-bond donors (Lipinski definition) is 19. The maximum absolute atomic E-state index is 16.2. The number of H-pyrrole nitrogens is 1. The molecule has 0 unspecified atom stereocenters. The molecule has 4 aromatic carbocycles. The van der Waals surface area contributed by atoms with Crippen molar-refractivity contribution in [2.45, 2.75) is 235 Å². The summed E-state index contributed by atoms with van der Waals surface area (Å²) in [5.74, 6) is -18.3. The van der Waals surface area contributed by atoms with Gasteiger partial charge < -0.3 is 113 Å². The standard InChI is InChI=1S/C85H120N18O19S2/c1-46-17-16-20-57-55(45-94-70(46)57)41-60-65(107)42-54(26-29-66(88)108)73(112)102-72(84(7,8)124-123-83(5,6)58(37-47(2)104)74(113)96-64(44-69(91)111)78(117)101-71(48(3)105)80(119)95-60)81(120)99-61(39-50-23-27-56(28-24-50)122-36-33-87)77(116)97-62(40-51-22-25-52-18-10-11-19-53(52)38-51)79(118)103-85(9,31-13-14-32-86)82(121)100-59(21-12-15-34-92-49(4)106)76(115)98-63(43-68(90)110)75(114)93-35-30-67(89)109/h10-11,16-20,22-25,27-28,38,45,48,54,58-64,71-72,94,105H,12-15,21,26,29-37,39-44,86-87H2,1-9H3,(H2,88,108)(H2,89,109)(H2,90,110)(H2,91,111)(H,92,106)(H,93,114)(H,95,119)(H,96,113)(H,97,116)(H,98,115)(H,99,120)(H,100,121)(H,101,117)(H,102,112)(H,103,118)/t48-,54-,58-,59+,60+,61+,62+,63+,64+,71+,72-,85+/m1/s1. The van der Waals surface area contributed by atoms with Gasteiger partial charge in [0, 0.05) is 104 Å². The van der Waals surface area contributed by atoms with Crippen molar-refractivity contribution in [2.75, 3.05) is 32.8 Å². The van der Waals surface area contributed by atoms with Crippen molar-refractivity contribution in [1.29, 1.82) is 0 Å². The van der Waals surface area contributed by atoms with Gasteiger partial charge >= 0.3 is 0 Å². The number of nitrogens with one attached hydrogen (secondary N) is 12. The van der Waals surface area contributed by atoms with E-state index in [1.165, 1.54) is 34.6 Å². The fourth-order valence-electron chi connectivity index (χ4n) is 14.0. The molecular formula is C85H120N18O19S2. The van der Waals surface area contributed by atoms with Gasteiger partial charge in [-0.2, -0.15) is 0 Å². The number of carbonyl (C=O) groups is 17. The first kappa shape index (κ1) is 101. The Morgan fingerprint density at radius 3 is 1.88 bits per heavy atom. The molecule has 0 saturated carbocycles. The topological polar surface area (TPSA) is 624 Å². The fourth-order valence-corrected chi connectivity index (χ4v) is 17.0. The zero-order valence-electron chi connectivity index (χ0n) is 71.4. The maximum atomic E-state index is 16.2. The number of ketones is 2. The molecule has 1 aliphatic rings. The first-order valence-electron chi connectivity index (χ1n) is 41.1. The van der Waals surface area contributed by atoms with Crippen molar-refractivity contribution < 1.29 is 91.4 Å². The number of ether oxygens (including phenoxy) is 1. The molecule has 5 aromatic rings. The third kappa shape index (κ3) is 31.7. The van der Waals surface area contributed by atoms with Crippen LogP contribution < -0.4 is 97.6 Å². The van der Waals surface area contributed by atoms with Crippen LogP contribution >= 0.6 is 21.6 Å². The molecule has 0 bridgehead atoms. The summed E-state index contributed by atoms with van der Waals surface area (Å²) in [6.07, 6.45) is -4.60. The minimum absolute atomic E-state index is 0.119. The van der Waals surface area contributed by atoms with E-state index >= 15 is 28.8 Å². The van der Waals surface area contributed by atoms with Crippen molar-refractivity contribution in [3.05, 3.63) is 113 Å². The van der Waals surface area contributed by atoms with Crippen LogP contribution in [-0.4, -0.2) is 213 Å². The third-order valence-corrected chi connectivity index (χ3v) is 25.4. The number of amides is 15. The molecule has 124 heavy (non-hydrogen) atoms. The number of Topliss-reactive ketones (excluding diaryl/α,β-unsaturated/α-hetero) is 2. The number of aromatic amines is 1. The number of fused-ring (bicyclic) bond motifs is 2. The van der Waals surface area contributed by atoms with Crippen molar-refractivity contribution in [1.82, 2.24) is 63.5 Å². The van der Waals surface area contributed by atoms with Gasteiger partial charge in [-0.15, -0.1) is 0 Å². The highest BCUT2D eigenvalue weighted by Crippen LogP contribution is 2.49. The number of rotatable bonds is 42. The van der Waals surface area contributed by atoms with Crippen LogP contribution in [0.25, 0.3) is 21.7 Å². The lowest BCUT2D eigenvalue weighted by Gasteiger charge is -2.39. The number of para-hydroxylation sites is 1. The molecule has 6 rings (SSSR count). The second-order valence-corrected chi connectivity index (χ2v) is 35.9. The molecule has 25 N–H and O–H groups in total. The molecule has 15 amide bonds. The smallest absolute Gasteiger partial charge is 0.246 e. The van der Waals surface area contributed by atoms with Gasteiger partial charge in [0.15, 0.2) is 5.78 Å². The monoisotopic (exact) mass is 1760 g/mol. The van der Waals surface area contributed by atoms with Gasteiger partial charge in [-0.25, -0.2) is 0 Å². The van der Waals surface area contributed by atoms with Gasteiger partial charge in [-0.05, 0) is 152 Å². The second kappa shape index (κ2) is 47.9. The molecular weight excluding hydrogens is 1640 g/mol. The predicted octanol–water partition coefficient (Wildman–Crippen LogP) is -0.305. The molecule has 1 aliphatic heterocycles. The normalized spacial score (nSPS) is 19.4. The van der Waals surface area contributed by atoms with Crippen LogP contribution in [0.2, 0.25) is 0 Å². The maximum Gasteiger partial charge on any atom is 0.246 e. The molecule has 1 aromatic heterocycles. The van der Waals surface area contributed by atoms with E-state index in [0.717, 1.165) is 44.8 Å². The number of aromatic nitrogens is 1. The Hall–Kier alpha value is -11.5. The van der Waals surface area contributed by atoms with Crippen molar-refractivity contribution in [2.24, 2.45) is 46.2 Å². The van der Waals surface area contributed by atoms with Gasteiger partial charge in [-0.1, -0.05) is 94.4 Å². The summed E-state index contributed by atoms with van der Waals surface area (Å²) in [5, 5.41) is 42.6. The van der Waals surface area contributed by atoms with E-state index in [1.807, 2.05) is 31.2 Å². The van der Waals surface area contributed by atoms with Crippen molar-refractivity contribution >= 4 is 143 Å². The quantitative estimate of drug-likeness (QED) is 0.0176. The van der Waals surface area contributed by atoms with Crippen LogP contribution in [0, 0.1) is 18.8 Å².